The third-order valence-electron chi connectivity index (χ3n) is 2.26. The molecule has 0 saturated carbocycles. The number of benzene rings is 1. The molecule has 0 fully saturated rings. The molecule has 3 nitrogen and oxygen atoms in total. The third kappa shape index (κ3) is 3.70. The zero-order valence-electron chi connectivity index (χ0n) is 9.07. The van der Waals surface area contributed by atoms with Gasteiger partial charge in [-0.05, 0) is 31.5 Å². The molecule has 0 heterocycles. The Bertz CT molecular complexity index is 338. The van der Waals surface area contributed by atoms with Gasteiger partial charge in [-0.2, -0.15) is 5.26 Å². The van der Waals surface area contributed by atoms with Crippen molar-refractivity contribution in [1.29, 1.82) is 5.26 Å². The van der Waals surface area contributed by atoms with Crippen molar-refractivity contribution in [2.75, 3.05) is 6.54 Å². The van der Waals surface area contributed by atoms with Crippen LogP contribution in [0.2, 0.25) is 0 Å². The van der Waals surface area contributed by atoms with E-state index in [1.54, 1.807) is 19.1 Å². The van der Waals surface area contributed by atoms with E-state index in [2.05, 4.69) is 11.4 Å². The lowest BCUT2D eigenvalue weighted by atomic mass is 10.1. The largest absolute Gasteiger partial charge is 0.392 e. The maximum Gasteiger partial charge on any atom is 0.0991 e. The molecule has 0 aliphatic heterocycles. The van der Waals surface area contributed by atoms with Gasteiger partial charge < -0.3 is 10.4 Å². The highest BCUT2D eigenvalue weighted by molar-refractivity contribution is 5.32. The molecular weight excluding hydrogens is 188 g/mol. The number of aliphatic hydroxyl groups excluding tert-OH is 1. The topological polar surface area (TPSA) is 56.0 Å². The summed E-state index contributed by atoms with van der Waals surface area (Å²) in [6.45, 7) is 4.35. The SMILES string of the molecule is C[C@H](NC[C@@H](C)O)c1ccc(C#N)cc1. The Kier molecular flexibility index (Phi) is 4.29. The molecule has 1 aromatic carbocycles. The molecule has 15 heavy (non-hydrogen) atoms. The highest BCUT2D eigenvalue weighted by atomic mass is 16.3. The van der Waals surface area contributed by atoms with Crippen LogP contribution in [-0.4, -0.2) is 17.8 Å². The molecule has 1 rings (SSSR count). The van der Waals surface area contributed by atoms with Gasteiger partial charge in [-0.15, -0.1) is 0 Å². The summed E-state index contributed by atoms with van der Waals surface area (Å²) >= 11 is 0. The standard InChI is InChI=1S/C12H16N2O/c1-9(15)8-14-10(2)12-5-3-11(7-13)4-6-12/h3-6,9-10,14-15H,8H2,1-2H3/t9-,10+/m1/s1. The summed E-state index contributed by atoms with van der Waals surface area (Å²) < 4.78 is 0. The molecule has 3 heteroatoms. The molecule has 0 unspecified atom stereocenters. The van der Waals surface area contributed by atoms with Crippen LogP contribution in [0.25, 0.3) is 0 Å². The van der Waals surface area contributed by atoms with E-state index < -0.39 is 0 Å². The lowest BCUT2D eigenvalue weighted by Gasteiger charge is -2.15. The summed E-state index contributed by atoms with van der Waals surface area (Å²) in [4.78, 5) is 0. The molecule has 0 bridgehead atoms. The van der Waals surface area contributed by atoms with Crippen molar-refractivity contribution in [1.82, 2.24) is 5.32 Å². The molecule has 80 valence electrons. The molecule has 2 atom stereocenters. The van der Waals surface area contributed by atoms with Crippen LogP contribution in [0, 0.1) is 11.3 Å². The molecule has 0 spiro atoms. The van der Waals surface area contributed by atoms with Crippen molar-refractivity contribution in [2.24, 2.45) is 0 Å². The van der Waals surface area contributed by atoms with E-state index in [4.69, 9.17) is 10.4 Å². The number of hydrogen-bond donors (Lipinski definition) is 2. The maximum absolute atomic E-state index is 9.12. The minimum Gasteiger partial charge on any atom is -0.392 e. The van der Waals surface area contributed by atoms with Crippen molar-refractivity contribution in [3.8, 4) is 6.07 Å². The Balaban J connectivity index is 2.58. The van der Waals surface area contributed by atoms with E-state index in [0.29, 0.717) is 12.1 Å². The zero-order valence-corrected chi connectivity index (χ0v) is 9.07. The minimum atomic E-state index is -0.342. The lowest BCUT2D eigenvalue weighted by molar-refractivity contribution is 0.187. The van der Waals surface area contributed by atoms with Gasteiger partial charge in [0.15, 0.2) is 0 Å². The average Bonchev–Trinajstić information content (AvgIpc) is 2.26. The first-order valence-corrected chi connectivity index (χ1v) is 5.05. The van der Waals surface area contributed by atoms with Crippen molar-refractivity contribution in [3.05, 3.63) is 35.4 Å². The predicted octanol–water partition coefficient (Wildman–Crippen LogP) is 1.59. The molecule has 1 aromatic rings. The second-order valence-electron chi connectivity index (χ2n) is 3.71. The van der Waals surface area contributed by atoms with E-state index in [-0.39, 0.29) is 12.1 Å². The average molecular weight is 204 g/mol. The number of nitriles is 1. The number of rotatable bonds is 4. The number of nitrogens with one attached hydrogen (secondary N) is 1. The van der Waals surface area contributed by atoms with Gasteiger partial charge in [0.1, 0.15) is 0 Å². The van der Waals surface area contributed by atoms with Crippen LogP contribution < -0.4 is 5.32 Å². The fourth-order valence-electron chi connectivity index (χ4n) is 1.31. The fraction of sp³-hybridized carbons (Fsp3) is 0.417. The van der Waals surface area contributed by atoms with Gasteiger partial charge in [0.25, 0.3) is 0 Å². The third-order valence-corrected chi connectivity index (χ3v) is 2.26. The van der Waals surface area contributed by atoms with Crippen LogP contribution in [0.5, 0.6) is 0 Å². The first-order chi connectivity index (χ1) is 7.13. The number of aliphatic hydroxyl groups is 1. The molecule has 0 amide bonds. The van der Waals surface area contributed by atoms with Crippen molar-refractivity contribution in [3.63, 3.8) is 0 Å². The summed E-state index contributed by atoms with van der Waals surface area (Å²) in [5.41, 5.74) is 1.79. The van der Waals surface area contributed by atoms with Crippen LogP contribution in [0.3, 0.4) is 0 Å². The molecule has 0 aliphatic rings. The van der Waals surface area contributed by atoms with E-state index >= 15 is 0 Å². The quantitative estimate of drug-likeness (QED) is 0.783. The molecule has 0 saturated heterocycles. The van der Waals surface area contributed by atoms with E-state index in [9.17, 15) is 0 Å². The normalized spacial score (nSPS) is 14.3. The van der Waals surface area contributed by atoms with Gasteiger partial charge in [-0.3, -0.25) is 0 Å². The van der Waals surface area contributed by atoms with Crippen molar-refractivity contribution < 1.29 is 5.11 Å². The van der Waals surface area contributed by atoms with Crippen LogP contribution >= 0.6 is 0 Å². The van der Waals surface area contributed by atoms with Gasteiger partial charge in [0.2, 0.25) is 0 Å². The molecule has 0 radical (unpaired) electrons. The van der Waals surface area contributed by atoms with Crippen molar-refractivity contribution in [2.45, 2.75) is 26.0 Å². The first-order valence-electron chi connectivity index (χ1n) is 5.05. The Hall–Kier alpha value is -1.37. The summed E-state index contributed by atoms with van der Waals surface area (Å²) in [6, 6.07) is 9.73. The van der Waals surface area contributed by atoms with Crippen molar-refractivity contribution >= 4 is 0 Å². The smallest absolute Gasteiger partial charge is 0.0991 e. The number of hydrogen-bond acceptors (Lipinski definition) is 3. The second-order valence-corrected chi connectivity index (χ2v) is 3.71. The fourth-order valence-corrected chi connectivity index (χ4v) is 1.31. The predicted molar refractivity (Wildman–Crippen MR) is 59.3 cm³/mol. The Morgan fingerprint density at radius 1 is 1.33 bits per heavy atom. The molecular formula is C12H16N2O. The van der Waals surface area contributed by atoms with Crippen LogP contribution in [0.15, 0.2) is 24.3 Å². The molecule has 2 N–H and O–H groups in total. The Morgan fingerprint density at radius 3 is 2.40 bits per heavy atom. The lowest BCUT2D eigenvalue weighted by Crippen LogP contribution is -2.27. The summed E-state index contributed by atoms with van der Waals surface area (Å²) in [5, 5.41) is 21.0. The van der Waals surface area contributed by atoms with Gasteiger partial charge in [-0.1, -0.05) is 12.1 Å². The van der Waals surface area contributed by atoms with Crippen LogP contribution in [-0.2, 0) is 0 Å². The summed E-state index contributed by atoms with van der Waals surface area (Å²) in [5.74, 6) is 0. The highest BCUT2D eigenvalue weighted by Gasteiger charge is 2.05. The summed E-state index contributed by atoms with van der Waals surface area (Å²) in [6.07, 6.45) is -0.342. The van der Waals surface area contributed by atoms with Gasteiger partial charge in [-0.25, -0.2) is 0 Å². The monoisotopic (exact) mass is 204 g/mol. The van der Waals surface area contributed by atoms with Gasteiger partial charge in [0.05, 0.1) is 17.7 Å². The Morgan fingerprint density at radius 2 is 1.93 bits per heavy atom. The molecule has 0 aromatic heterocycles. The zero-order chi connectivity index (χ0) is 11.3. The van der Waals surface area contributed by atoms with Gasteiger partial charge in [0, 0.05) is 12.6 Å². The molecule has 0 aliphatic carbocycles. The highest BCUT2D eigenvalue weighted by Crippen LogP contribution is 2.12. The number of nitrogens with zero attached hydrogens (tertiary/aromatic N) is 1. The minimum absolute atomic E-state index is 0.187. The van der Waals surface area contributed by atoms with Crippen LogP contribution in [0.1, 0.15) is 31.0 Å². The van der Waals surface area contributed by atoms with Crippen LogP contribution in [0.4, 0.5) is 0 Å². The summed E-state index contributed by atoms with van der Waals surface area (Å²) in [7, 11) is 0. The second kappa shape index (κ2) is 5.50. The van der Waals surface area contributed by atoms with E-state index in [1.807, 2.05) is 19.1 Å². The first kappa shape index (κ1) is 11.7. The maximum atomic E-state index is 9.12. The van der Waals surface area contributed by atoms with Gasteiger partial charge >= 0.3 is 0 Å². The Labute approximate surface area is 90.4 Å². The van der Waals surface area contributed by atoms with E-state index in [0.717, 1.165) is 5.56 Å². The van der Waals surface area contributed by atoms with E-state index in [1.165, 1.54) is 0 Å².